The Labute approximate surface area is 607 Å². The van der Waals surface area contributed by atoms with Gasteiger partial charge in [0.2, 0.25) is 0 Å². The third-order valence-electron chi connectivity index (χ3n) is 9.11. The molecule has 0 atom stereocenters. The van der Waals surface area contributed by atoms with Crippen molar-refractivity contribution in [1.82, 2.24) is 59.8 Å². The predicted molar refractivity (Wildman–Crippen MR) is 348 cm³/mol. The topological polar surface area (TPSA) is 202 Å². The summed E-state index contributed by atoms with van der Waals surface area (Å²) in [5.41, 5.74) is 9.10. The second kappa shape index (κ2) is 36.8. The van der Waals surface area contributed by atoms with Gasteiger partial charge in [-0.15, -0.1) is 0 Å². The van der Waals surface area contributed by atoms with E-state index in [0.717, 1.165) is 76.6 Å². The Balaban J connectivity index is 0.00000116. The zero-order valence-electron chi connectivity index (χ0n) is 51.7. The molecule has 12 aromatic heterocycles. The van der Waals surface area contributed by atoms with Crippen molar-refractivity contribution in [3.05, 3.63) is 244 Å². The Morgan fingerprint density at radius 3 is 0.433 bits per heavy atom. The number of pyridine rings is 10. The fourth-order valence-corrected chi connectivity index (χ4v) is 7.95. The molecule has 12 heterocycles. The van der Waals surface area contributed by atoms with Gasteiger partial charge in [-0.25, -0.2) is 9.97 Å². The first-order valence-corrected chi connectivity index (χ1v) is 36.4. The van der Waals surface area contributed by atoms with Crippen LogP contribution in [0.15, 0.2) is 244 Å². The quantitative estimate of drug-likeness (QED) is 0.0864. The van der Waals surface area contributed by atoms with Crippen molar-refractivity contribution < 1.29 is 140 Å². The third kappa shape index (κ3) is 59.8. The van der Waals surface area contributed by atoms with Crippen LogP contribution in [0.25, 0.3) is 76.6 Å². The SMILES string of the molecule is CC#N.CC#N.F[P-](F)(F)(F)(F)F.F[P-](F)(F)(F)(F)F.F[P-](F)(F)(F)(F)F.F[P-](F)(F)(F)(F)F.[Ru+2].[Ru+2].c1ccc(-c2ccccn2)nc1.c1ccc(-c2ccccn2)nc1.c1ccc(-c2ccccn2)nc1.c1ccc(-c2ccccn2)nc1.c1ccc(-c2nc3sc(-c4ccccn4)nc3s2)nc1. The van der Waals surface area contributed by atoms with Crippen LogP contribution in [0.1, 0.15) is 13.8 Å². The first kappa shape index (κ1) is 95.3. The van der Waals surface area contributed by atoms with Crippen LogP contribution >= 0.6 is 53.9 Å². The summed E-state index contributed by atoms with van der Waals surface area (Å²) in [6, 6.07) is 61.5. The van der Waals surface area contributed by atoms with Crippen LogP contribution in [0.2, 0.25) is 0 Å². The molecule has 46 heteroatoms. The molecule has 564 valence electrons. The average Bonchev–Trinajstić information content (AvgIpc) is 1.73. The molecule has 0 aromatic carbocycles. The number of rotatable bonds is 6. The molecular weight excluding hydrogens is 1740 g/mol. The molecule has 0 fully saturated rings. The summed E-state index contributed by atoms with van der Waals surface area (Å²) in [4.78, 5) is 53.2. The molecular formula is C58H46F24N14P4Ru2S2. The van der Waals surface area contributed by atoms with E-state index in [9.17, 15) is 101 Å². The van der Waals surface area contributed by atoms with Gasteiger partial charge in [-0.3, -0.25) is 49.8 Å². The Morgan fingerprint density at radius 1 is 0.231 bits per heavy atom. The summed E-state index contributed by atoms with van der Waals surface area (Å²) in [7, 11) is -42.6. The summed E-state index contributed by atoms with van der Waals surface area (Å²) in [6.45, 7) is 2.86. The molecule has 0 radical (unpaired) electrons. The van der Waals surface area contributed by atoms with Gasteiger partial charge in [0.25, 0.3) is 0 Å². The van der Waals surface area contributed by atoms with E-state index in [2.05, 4.69) is 59.8 Å². The number of thiazole rings is 2. The van der Waals surface area contributed by atoms with Crippen molar-refractivity contribution in [2.45, 2.75) is 13.8 Å². The molecule has 0 aliphatic rings. The van der Waals surface area contributed by atoms with Crippen molar-refractivity contribution in [3.63, 3.8) is 0 Å². The van der Waals surface area contributed by atoms with Gasteiger partial charge in [-0.1, -0.05) is 83.3 Å². The third-order valence-corrected chi connectivity index (χ3v) is 11.2. The zero-order chi connectivity index (χ0) is 77.3. The fourth-order valence-electron chi connectivity index (χ4n) is 5.95. The van der Waals surface area contributed by atoms with Crippen LogP contribution in [0.5, 0.6) is 0 Å². The molecule has 0 aliphatic carbocycles. The monoisotopic (exact) mass is 1790 g/mol. The van der Waals surface area contributed by atoms with Crippen molar-refractivity contribution in [3.8, 4) is 79.1 Å². The molecule has 12 rings (SSSR count). The van der Waals surface area contributed by atoms with Crippen LogP contribution in [0.3, 0.4) is 0 Å². The van der Waals surface area contributed by atoms with Gasteiger partial charge in [0.15, 0.2) is 9.66 Å². The van der Waals surface area contributed by atoms with Crippen molar-refractivity contribution >= 4 is 63.6 Å². The normalized spacial score (nSPS) is 13.0. The van der Waals surface area contributed by atoms with Gasteiger partial charge in [0, 0.05) is 75.8 Å². The molecule has 0 amide bonds. The predicted octanol–water partition coefficient (Wildman–Crippen LogP) is 27.0. The molecule has 12 aromatic rings. The summed E-state index contributed by atoms with van der Waals surface area (Å²) in [6.07, 6.45) is 17.7. The number of aromatic nitrogens is 12. The van der Waals surface area contributed by atoms with Gasteiger partial charge in [-0.05, 0) is 121 Å². The maximum atomic E-state index is 9.87. The molecule has 0 N–H and O–H groups in total. The minimum absolute atomic E-state index is 0. The van der Waals surface area contributed by atoms with Crippen molar-refractivity contribution in [1.29, 1.82) is 10.5 Å². The van der Waals surface area contributed by atoms with Crippen LogP contribution in [0.4, 0.5) is 101 Å². The molecule has 0 saturated heterocycles. The van der Waals surface area contributed by atoms with Gasteiger partial charge >= 0.3 is 171 Å². The largest absolute Gasteiger partial charge is 2.00 e. The zero-order valence-corrected chi connectivity index (χ0v) is 60.4. The number of nitriles is 2. The molecule has 14 nitrogen and oxygen atoms in total. The van der Waals surface area contributed by atoms with Crippen LogP contribution in [-0.4, -0.2) is 59.8 Å². The summed E-state index contributed by atoms with van der Waals surface area (Å²) < 4.78 is 237. The number of hydrogen-bond acceptors (Lipinski definition) is 16. The van der Waals surface area contributed by atoms with E-state index in [1.165, 1.54) is 13.8 Å². The van der Waals surface area contributed by atoms with E-state index in [4.69, 9.17) is 10.5 Å². The first-order valence-electron chi connectivity index (χ1n) is 26.7. The van der Waals surface area contributed by atoms with Crippen LogP contribution in [0, 0.1) is 22.7 Å². The van der Waals surface area contributed by atoms with Gasteiger partial charge in [0.1, 0.15) is 10.0 Å². The van der Waals surface area contributed by atoms with E-state index in [1.54, 1.807) is 96.8 Å². The van der Waals surface area contributed by atoms with Crippen LogP contribution < -0.4 is 0 Å². The van der Waals surface area contributed by atoms with E-state index in [-0.39, 0.29) is 39.0 Å². The van der Waals surface area contributed by atoms with E-state index in [1.807, 2.05) is 182 Å². The molecule has 0 saturated carbocycles. The Morgan fingerprint density at radius 2 is 0.337 bits per heavy atom. The Hall–Kier alpha value is -8.71. The van der Waals surface area contributed by atoms with Gasteiger partial charge in [0.05, 0.1) is 69.1 Å². The molecule has 0 spiro atoms. The van der Waals surface area contributed by atoms with Gasteiger partial charge < -0.3 is 0 Å². The summed E-state index contributed by atoms with van der Waals surface area (Å²) in [5, 5.41) is 16.5. The molecule has 104 heavy (non-hydrogen) atoms. The van der Waals surface area contributed by atoms with Crippen LogP contribution in [-0.2, 0) is 39.0 Å². The smallest absolute Gasteiger partial charge is 0.255 e. The summed E-state index contributed by atoms with van der Waals surface area (Å²) >= 11 is 3.13. The second-order valence-corrected chi connectivity index (χ2v) is 27.7. The van der Waals surface area contributed by atoms with E-state index >= 15 is 0 Å². The molecule has 0 bridgehead atoms. The maximum Gasteiger partial charge on any atom is 2.00 e. The van der Waals surface area contributed by atoms with E-state index < -0.39 is 31.2 Å². The first-order chi connectivity index (χ1) is 46.4. The molecule has 0 unspecified atom stereocenters. The van der Waals surface area contributed by atoms with Gasteiger partial charge in [-0.2, -0.15) is 10.5 Å². The minimum Gasteiger partial charge on any atom is -0.255 e. The van der Waals surface area contributed by atoms with Crippen molar-refractivity contribution in [2.75, 3.05) is 0 Å². The number of halogens is 24. The molecule has 0 aliphatic heterocycles. The number of fused-ring (bicyclic) bond motifs is 1. The maximum absolute atomic E-state index is 10.7. The number of hydrogen-bond donors (Lipinski definition) is 0. The fraction of sp³-hybridized carbons (Fsp3) is 0.0345. The standard InChI is InChI=1S/C14H8N4S2.4C10H8N2.2C2H3N.4F6P.2Ru/c1-3-7-15-9(5-1)11-17-13-14(19-11)18-12(20-13)10-6-2-4-8-16-10;4*1-3-7-11-9(5-1)10-6-2-4-8-12-10;2*1-2-3;4*1-7(2,3,4,5)6;;/h1-8H;4*1-8H;2*1H3;;;;;;/q;;;;;;;4*-1;2*+2. The Bertz CT molecular complexity index is 3790. The van der Waals surface area contributed by atoms with E-state index in [0.29, 0.717) is 0 Å². The van der Waals surface area contributed by atoms with Crippen molar-refractivity contribution in [2.24, 2.45) is 0 Å². The second-order valence-electron chi connectivity index (χ2n) is 18.1. The average molecular weight is 1790 g/mol. The Kier molecular flexibility index (Phi) is 33.7. The summed E-state index contributed by atoms with van der Waals surface area (Å²) in [5.74, 6) is 0. The number of nitrogens with zero attached hydrogens (tertiary/aromatic N) is 14. The minimum atomic E-state index is -10.7.